The highest BCUT2D eigenvalue weighted by Gasteiger charge is 2.52. The lowest BCUT2D eigenvalue weighted by Crippen LogP contribution is -3.00. The number of likely N-dealkylation sites (N-methyl/N-ethyl adjacent to an activating group) is 1. The molecule has 0 N–H and O–H groups in total. The molecule has 0 radical (unpaired) electrons. The van der Waals surface area contributed by atoms with Gasteiger partial charge >= 0.3 is 11.9 Å². The summed E-state index contributed by atoms with van der Waals surface area (Å²) in [6, 6.07) is 0. The maximum Gasteiger partial charge on any atom is 0.320 e. The Morgan fingerprint density at radius 2 is 1.65 bits per heavy atom. The molecule has 0 aromatic heterocycles. The molecule has 3 aliphatic heterocycles. The average Bonchev–Trinajstić information content (AvgIpc) is 3.71. The molecule has 3 aliphatic carbocycles. The van der Waals surface area contributed by atoms with Crippen LogP contribution in [0.25, 0.3) is 0 Å². The van der Waals surface area contributed by atoms with Crippen LogP contribution in [0.5, 0.6) is 0 Å². The summed E-state index contributed by atoms with van der Waals surface area (Å²) < 4.78 is 43.5. The second-order valence-electron chi connectivity index (χ2n) is 17.1. The molecule has 14 atom stereocenters. The molecule has 0 unspecified atom stereocenters. The van der Waals surface area contributed by atoms with Gasteiger partial charge in [-0.1, -0.05) is 32.1 Å². The molecule has 4 fully saturated rings. The maximum atomic E-state index is 14.6. The van der Waals surface area contributed by atoms with E-state index in [0.717, 1.165) is 43.5 Å². The molecule has 0 aromatic rings. The summed E-state index contributed by atoms with van der Waals surface area (Å²) in [4.78, 5) is 43.6. The van der Waals surface area contributed by atoms with E-state index < -0.39 is 24.4 Å². The fraction of sp³-hybridized carbons (Fsp3) is 0.829. The van der Waals surface area contributed by atoms with E-state index in [4.69, 9.17) is 33.2 Å². The van der Waals surface area contributed by atoms with Crippen LogP contribution >= 0.6 is 0 Å². The molecule has 0 bridgehead atoms. The Bertz CT molecular complexity index is 1360. The Morgan fingerprint density at radius 3 is 2.31 bits per heavy atom. The minimum absolute atomic E-state index is 0. The van der Waals surface area contributed by atoms with Crippen LogP contribution in [-0.4, -0.2) is 144 Å². The molecule has 13 heteroatoms. The number of nitrogens with zero attached hydrogens (tertiary/aromatic N) is 2. The Labute approximate surface area is 339 Å². The zero-order valence-corrected chi connectivity index (χ0v) is 35.8. The normalized spacial score (nSPS) is 41.2. The van der Waals surface area contributed by atoms with E-state index in [0.29, 0.717) is 31.3 Å². The van der Waals surface area contributed by atoms with Gasteiger partial charge in [0.15, 0.2) is 12.1 Å². The highest BCUT2D eigenvalue weighted by Crippen LogP contribution is 2.54. The summed E-state index contributed by atoms with van der Waals surface area (Å²) in [5, 5.41) is 0. The van der Waals surface area contributed by atoms with Crippen molar-refractivity contribution in [3.05, 3.63) is 23.8 Å². The number of allylic oxidation sites excluding steroid dienone is 4. The molecule has 3 heterocycles. The zero-order valence-electron chi connectivity index (χ0n) is 33.7. The molecule has 1 saturated carbocycles. The summed E-state index contributed by atoms with van der Waals surface area (Å²) >= 11 is 0. The predicted molar refractivity (Wildman–Crippen MR) is 196 cm³/mol. The number of cyclic esters (lactones) is 1. The van der Waals surface area contributed by atoms with Crippen molar-refractivity contribution in [1.82, 2.24) is 4.90 Å². The summed E-state index contributed by atoms with van der Waals surface area (Å²) in [7, 11) is 9.36. The first-order valence-electron chi connectivity index (χ1n) is 20.1. The van der Waals surface area contributed by atoms with E-state index in [1.165, 1.54) is 0 Å². The van der Waals surface area contributed by atoms with Crippen LogP contribution in [0.3, 0.4) is 0 Å². The quantitative estimate of drug-likeness (QED) is 0.143. The number of quaternary nitrogens is 1. The van der Waals surface area contributed by atoms with Crippen LogP contribution in [-0.2, 0) is 47.5 Å². The number of fused-ring (bicyclic) bond motifs is 5. The van der Waals surface area contributed by atoms with Crippen LogP contribution < -0.4 is 24.0 Å². The molecule has 54 heavy (non-hydrogen) atoms. The molecular weight excluding hydrogens is 807 g/mol. The van der Waals surface area contributed by atoms with Crippen LogP contribution in [0.1, 0.15) is 65.7 Å². The highest BCUT2D eigenvalue weighted by atomic mass is 127. The number of hydrogen-bond acceptors (Lipinski definition) is 11. The highest BCUT2D eigenvalue weighted by molar-refractivity contribution is 5.99. The van der Waals surface area contributed by atoms with Crippen LogP contribution in [0.4, 0.5) is 0 Å². The first-order chi connectivity index (χ1) is 25.4. The number of Topliss-reactive ketones (excluding diaryl/α,β-unsaturated/α-hetero) is 1. The number of hydrogen-bond donors (Lipinski definition) is 0. The predicted octanol–water partition coefficient (Wildman–Crippen LogP) is 0.955. The molecule has 0 spiro atoms. The van der Waals surface area contributed by atoms with Gasteiger partial charge in [0.05, 0.1) is 58.3 Å². The Balaban J connectivity index is 0.00000561. The Morgan fingerprint density at radius 1 is 0.944 bits per heavy atom. The number of methoxy groups -OCH3 is 3. The van der Waals surface area contributed by atoms with Crippen LogP contribution in [0.2, 0.25) is 0 Å². The molecule has 0 aromatic carbocycles. The summed E-state index contributed by atoms with van der Waals surface area (Å²) in [5.41, 5.74) is 0.683. The smallest absolute Gasteiger partial charge is 0.320 e. The van der Waals surface area contributed by atoms with E-state index in [2.05, 4.69) is 37.2 Å². The van der Waals surface area contributed by atoms with Gasteiger partial charge in [-0.25, -0.2) is 0 Å². The molecule has 306 valence electrons. The van der Waals surface area contributed by atoms with Crippen molar-refractivity contribution in [1.29, 1.82) is 0 Å². The number of carbonyl (C=O) groups is 3. The van der Waals surface area contributed by atoms with E-state index >= 15 is 0 Å². The van der Waals surface area contributed by atoms with Gasteiger partial charge in [0, 0.05) is 40.3 Å². The van der Waals surface area contributed by atoms with Gasteiger partial charge in [0.2, 0.25) is 0 Å². The maximum absolute atomic E-state index is 14.6. The number of rotatable bonds is 9. The lowest BCUT2D eigenvalue weighted by atomic mass is 9.70. The number of esters is 2. The summed E-state index contributed by atoms with van der Waals surface area (Å²) in [5.74, 6) is -0.796. The Hall–Kier alpha value is -1.46. The number of ether oxygens (including phenoxy) is 7. The van der Waals surface area contributed by atoms with Gasteiger partial charge in [0.25, 0.3) is 0 Å². The van der Waals surface area contributed by atoms with Crippen LogP contribution in [0.15, 0.2) is 23.8 Å². The van der Waals surface area contributed by atoms with Gasteiger partial charge in [-0.15, -0.1) is 0 Å². The van der Waals surface area contributed by atoms with Crippen molar-refractivity contribution in [2.24, 2.45) is 35.5 Å². The number of halogens is 1. The van der Waals surface area contributed by atoms with Crippen LogP contribution in [0, 0.1) is 35.5 Å². The second-order valence-corrected chi connectivity index (χ2v) is 17.1. The summed E-state index contributed by atoms with van der Waals surface area (Å²) in [6.07, 6.45) is 8.28. The number of carbonyl (C=O) groups excluding carboxylic acids is 3. The third kappa shape index (κ3) is 9.62. The van der Waals surface area contributed by atoms with E-state index in [9.17, 15) is 14.4 Å². The average molecular weight is 873 g/mol. The third-order valence-corrected chi connectivity index (χ3v) is 13.3. The molecule has 6 aliphatic rings. The molecule has 12 nitrogen and oxygen atoms in total. The zero-order chi connectivity index (χ0) is 38.0. The van der Waals surface area contributed by atoms with Crippen molar-refractivity contribution >= 4 is 17.7 Å². The second kappa shape index (κ2) is 18.9. The van der Waals surface area contributed by atoms with E-state index in [1.807, 2.05) is 20.8 Å². The first-order valence-corrected chi connectivity index (χ1v) is 20.1. The number of ketones is 1. The molecule has 3 saturated heterocycles. The molecule has 6 rings (SSSR count). The van der Waals surface area contributed by atoms with E-state index in [-0.39, 0.29) is 115 Å². The SMILES string of the molecule is CC[C@H]1CCC[C@H](OC(=O)CN2CC[N+](C)(C)CC2)[C@@H](C)C(=O)C2=C[C@@H]3[C@@H](C=C[C@@H]4C[C@@H](O[C@@H]5O[C@@H](C)[C@H](OC)[C@@H](OC)[C@H]5OC)C[C@@H]34)[C@@H]2CC(=O)O1.[I-]. The van der Waals surface area contributed by atoms with Gasteiger partial charge in [-0.2, -0.15) is 0 Å². The van der Waals surface area contributed by atoms with Crippen molar-refractivity contribution in [2.45, 2.75) is 115 Å². The molecule has 0 amide bonds. The topological polar surface area (TPSA) is 119 Å². The Kier molecular flexibility index (Phi) is 15.3. The fourth-order valence-corrected chi connectivity index (χ4v) is 10.1. The lowest BCUT2D eigenvalue weighted by molar-refractivity contribution is -0.894. The minimum atomic E-state index is -0.613. The third-order valence-electron chi connectivity index (χ3n) is 13.3. The van der Waals surface area contributed by atoms with Crippen molar-refractivity contribution in [3.8, 4) is 0 Å². The monoisotopic (exact) mass is 872 g/mol. The molecular formula is C41H65IN2O10. The standard InChI is InChI=1S/C41H65N2O10.HI/c1-9-27-11-10-12-34(53-36(45)23-42-15-17-43(4,5)18-16-42)24(2)37(46)33-21-31-29(32(33)22-35(44)51-27)14-13-26-19-28(20-30(26)31)52-41-40(49-8)39(48-7)38(47-6)25(3)50-41;/h13-14,21,24-32,34,38-41H,9-12,15-20,22-23H2,1-8H3;1H/q+1;/p-1/t24-,25+,26-,27+,28-,29-,30-,31-,32+,34+,38+,39-,40-,41+;/m1./s1. The fourth-order valence-electron chi connectivity index (χ4n) is 10.1. The van der Waals surface area contributed by atoms with Gasteiger partial charge in [0.1, 0.15) is 30.5 Å². The van der Waals surface area contributed by atoms with Gasteiger partial charge < -0.3 is 61.6 Å². The number of piperazine rings is 1. The van der Waals surface area contributed by atoms with Crippen molar-refractivity contribution in [2.75, 3.05) is 68.1 Å². The van der Waals surface area contributed by atoms with Crippen molar-refractivity contribution in [3.63, 3.8) is 0 Å². The summed E-state index contributed by atoms with van der Waals surface area (Å²) in [6.45, 7) is 9.76. The van der Waals surface area contributed by atoms with Gasteiger partial charge in [-0.3, -0.25) is 19.3 Å². The van der Waals surface area contributed by atoms with Gasteiger partial charge in [-0.05, 0) is 74.7 Å². The lowest BCUT2D eigenvalue weighted by Gasteiger charge is -2.44. The van der Waals surface area contributed by atoms with E-state index in [1.54, 1.807) is 21.3 Å². The largest absolute Gasteiger partial charge is 1.00 e. The minimum Gasteiger partial charge on any atom is -1.00 e. The first kappa shape index (κ1) is 43.7. The van der Waals surface area contributed by atoms with Crippen molar-refractivity contribution < 1.29 is 76.0 Å².